The van der Waals surface area contributed by atoms with Gasteiger partial charge in [-0.25, -0.2) is 4.68 Å². The molecule has 0 aliphatic carbocycles. The number of anilines is 2. The van der Waals surface area contributed by atoms with E-state index in [1.807, 2.05) is 19.9 Å². The van der Waals surface area contributed by atoms with Crippen LogP contribution < -0.4 is 10.1 Å². The summed E-state index contributed by atoms with van der Waals surface area (Å²) in [5.74, 6) is 0.433. The number of aryl methyl sites for hydroxylation is 1. The van der Waals surface area contributed by atoms with Crippen LogP contribution >= 0.6 is 0 Å². The van der Waals surface area contributed by atoms with E-state index in [1.54, 1.807) is 23.0 Å². The summed E-state index contributed by atoms with van der Waals surface area (Å²) in [4.78, 5) is 4.17. The second kappa shape index (κ2) is 8.74. The molecule has 0 unspecified atom stereocenters. The van der Waals surface area contributed by atoms with Gasteiger partial charge >= 0.3 is 6.18 Å². The first kappa shape index (κ1) is 21.6. The Balaban J connectivity index is 2.00. The highest BCUT2D eigenvalue weighted by molar-refractivity contribution is 5.61. The molecule has 30 heavy (non-hydrogen) atoms. The van der Waals surface area contributed by atoms with E-state index in [-0.39, 0.29) is 11.4 Å². The molecular formula is C21H23F3N4O2. The van der Waals surface area contributed by atoms with E-state index in [0.717, 1.165) is 29.2 Å². The fraction of sp³-hybridized carbons (Fsp3) is 0.333. The van der Waals surface area contributed by atoms with Crippen LogP contribution in [0.15, 0.2) is 42.6 Å². The van der Waals surface area contributed by atoms with E-state index in [2.05, 4.69) is 15.4 Å². The van der Waals surface area contributed by atoms with Gasteiger partial charge in [0.25, 0.3) is 0 Å². The third-order valence-corrected chi connectivity index (χ3v) is 4.57. The zero-order chi connectivity index (χ0) is 21.9. The van der Waals surface area contributed by atoms with Crippen molar-refractivity contribution in [2.24, 2.45) is 0 Å². The molecule has 0 bridgehead atoms. The maximum atomic E-state index is 13.2. The van der Waals surface area contributed by atoms with Crippen molar-refractivity contribution in [1.82, 2.24) is 14.8 Å². The Morgan fingerprint density at radius 3 is 2.60 bits per heavy atom. The molecule has 1 atom stereocenters. The van der Waals surface area contributed by atoms with E-state index in [0.29, 0.717) is 18.7 Å². The van der Waals surface area contributed by atoms with Crippen LogP contribution in [0.3, 0.4) is 0 Å². The first-order chi connectivity index (χ1) is 14.2. The predicted molar refractivity (Wildman–Crippen MR) is 107 cm³/mol. The zero-order valence-electron chi connectivity index (χ0n) is 16.9. The topological polar surface area (TPSA) is 72.2 Å². The van der Waals surface area contributed by atoms with Crippen molar-refractivity contribution in [2.45, 2.75) is 39.0 Å². The number of benzene rings is 1. The van der Waals surface area contributed by atoms with Gasteiger partial charge in [-0.05, 0) is 37.6 Å². The van der Waals surface area contributed by atoms with Crippen LogP contribution in [0.5, 0.6) is 5.75 Å². The Kier molecular flexibility index (Phi) is 6.31. The normalized spacial score (nSPS) is 12.6. The maximum absolute atomic E-state index is 13.2. The largest absolute Gasteiger partial charge is 0.497 e. The highest BCUT2D eigenvalue weighted by Crippen LogP contribution is 2.35. The summed E-state index contributed by atoms with van der Waals surface area (Å²) in [6.07, 6.45) is -2.51. The van der Waals surface area contributed by atoms with Gasteiger partial charge in [-0.3, -0.25) is 4.98 Å². The van der Waals surface area contributed by atoms with Crippen LogP contribution in [0.25, 0.3) is 5.69 Å². The minimum atomic E-state index is -4.50. The van der Waals surface area contributed by atoms with E-state index >= 15 is 0 Å². The van der Waals surface area contributed by atoms with E-state index < -0.39 is 17.8 Å². The van der Waals surface area contributed by atoms with Crippen LogP contribution in [0, 0.1) is 6.92 Å². The van der Waals surface area contributed by atoms with Gasteiger partial charge in [0, 0.05) is 41.8 Å². The Hall–Kier alpha value is -3.07. The van der Waals surface area contributed by atoms with E-state index in [4.69, 9.17) is 4.74 Å². The molecule has 3 aromatic rings. The number of rotatable bonds is 7. The summed E-state index contributed by atoms with van der Waals surface area (Å²) in [6, 6.07) is 8.73. The van der Waals surface area contributed by atoms with Crippen LogP contribution in [-0.4, -0.2) is 33.1 Å². The molecule has 3 rings (SSSR count). The van der Waals surface area contributed by atoms with Gasteiger partial charge in [0.1, 0.15) is 5.75 Å². The third kappa shape index (κ3) is 5.10. The van der Waals surface area contributed by atoms with Crippen LogP contribution in [0.4, 0.5) is 24.7 Å². The van der Waals surface area contributed by atoms with Crippen LogP contribution in [-0.2, 0) is 12.6 Å². The van der Waals surface area contributed by atoms with Crippen molar-refractivity contribution in [1.29, 1.82) is 0 Å². The Morgan fingerprint density at radius 2 is 1.97 bits per heavy atom. The molecule has 0 spiro atoms. The molecule has 2 N–H and O–H groups in total. The van der Waals surface area contributed by atoms with Crippen molar-refractivity contribution in [2.75, 3.05) is 12.4 Å². The summed E-state index contributed by atoms with van der Waals surface area (Å²) in [5.41, 5.74) is 1.63. The second-order valence-electron chi connectivity index (χ2n) is 6.93. The summed E-state index contributed by atoms with van der Waals surface area (Å²) in [7, 11) is 1.31. The Morgan fingerprint density at radius 1 is 1.20 bits per heavy atom. The molecule has 2 aromatic heterocycles. The highest BCUT2D eigenvalue weighted by atomic mass is 19.4. The van der Waals surface area contributed by atoms with Crippen molar-refractivity contribution in [3.8, 4) is 11.4 Å². The lowest BCUT2D eigenvalue weighted by Crippen LogP contribution is -2.12. The third-order valence-electron chi connectivity index (χ3n) is 4.57. The number of aromatic nitrogens is 3. The minimum absolute atomic E-state index is 0.0816. The Labute approximate surface area is 172 Å². The number of methoxy groups -OCH3 is 1. The molecule has 2 heterocycles. The van der Waals surface area contributed by atoms with Gasteiger partial charge in [-0.2, -0.15) is 13.2 Å². The number of nitrogens with zero attached hydrogens (tertiary/aromatic N) is 3. The molecule has 1 aromatic carbocycles. The summed E-state index contributed by atoms with van der Waals surface area (Å²) >= 11 is 0. The molecule has 0 aliphatic rings. The molecule has 6 nitrogen and oxygen atoms in total. The molecule has 0 saturated heterocycles. The predicted octanol–water partition coefficient (Wildman–Crippen LogP) is 4.66. The van der Waals surface area contributed by atoms with Gasteiger partial charge in [-0.15, -0.1) is 5.10 Å². The fourth-order valence-corrected chi connectivity index (χ4v) is 3.00. The number of hydrogen-bond acceptors (Lipinski definition) is 5. The SMILES string of the molecule is CC[C@@H](O)Cc1cc(Nc2cc(OC)cc(C(F)(F)F)c2)nn1-c1ccnc(C)c1. The molecule has 9 heteroatoms. The van der Waals surface area contributed by atoms with Crippen LogP contribution in [0.2, 0.25) is 0 Å². The quantitative estimate of drug-likeness (QED) is 0.582. The Bertz CT molecular complexity index is 1020. The molecule has 0 aliphatic heterocycles. The lowest BCUT2D eigenvalue weighted by atomic mass is 10.1. The molecular weight excluding hydrogens is 397 g/mol. The van der Waals surface area contributed by atoms with E-state index in [9.17, 15) is 18.3 Å². The van der Waals surface area contributed by atoms with Gasteiger partial charge in [0.05, 0.1) is 24.5 Å². The van der Waals surface area contributed by atoms with Gasteiger partial charge in [0.15, 0.2) is 5.82 Å². The highest BCUT2D eigenvalue weighted by Gasteiger charge is 2.31. The lowest BCUT2D eigenvalue weighted by molar-refractivity contribution is -0.137. The molecule has 160 valence electrons. The zero-order valence-corrected chi connectivity index (χ0v) is 16.9. The number of ether oxygens (including phenoxy) is 1. The van der Waals surface area contributed by atoms with E-state index in [1.165, 1.54) is 13.2 Å². The van der Waals surface area contributed by atoms with Gasteiger partial charge in [-0.1, -0.05) is 6.92 Å². The molecule has 0 saturated carbocycles. The second-order valence-corrected chi connectivity index (χ2v) is 6.93. The van der Waals surface area contributed by atoms with Crippen molar-refractivity contribution >= 4 is 11.5 Å². The molecule has 0 radical (unpaired) electrons. The lowest BCUT2D eigenvalue weighted by Gasteiger charge is -2.12. The van der Waals surface area contributed by atoms with Crippen molar-refractivity contribution < 1.29 is 23.0 Å². The average molecular weight is 420 g/mol. The maximum Gasteiger partial charge on any atom is 0.416 e. The molecule has 0 amide bonds. The first-order valence-corrected chi connectivity index (χ1v) is 9.43. The number of halogens is 3. The number of hydrogen-bond donors (Lipinski definition) is 2. The van der Waals surface area contributed by atoms with Gasteiger partial charge < -0.3 is 15.2 Å². The molecule has 0 fully saturated rings. The standard InChI is InChI=1S/C21H23F3N4O2/c1-4-18(29)11-17-12-20(27-28(17)16-5-6-25-13(2)7-16)26-15-8-14(21(22,23)24)9-19(10-15)30-3/h5-10,12,18,29H,4,11H2,1-3H3,(H,26,27)/t18-/m1/s1. The van der Waals surface area contributed by atoms with Crippen LogP contribution in [0.1, 0.15) is 30.3 Å². The fourth-order valence-electron chi connectivity index (χ4n) is 3.00. The number of alkyl halides is 3. The first-order valence-electron chi connectivity index (χ1n) is 9.43. The minimum Gasteiger partial charge on any atom is -0.497 e. The number of pyridine rings is 1. The van der Waals surface area contributed by atoms with Crippen molar-refractivity contribution in [3.05, 3.63) is 59.5 Å². The summed E-state index contributed by atoms with van der Waals surface area (Å²) < 4.78 is 46.2. The summed E-state index contributed by atoms with van der Waals surface area (Å²) in [6.45, 7) is 3.72. The monoisotopic (exact) mass is 420 g/mol. The smallest absolute Gasteiger partial charge is 0.416 e. The number of aliphatic hydroxyl groups is 1. The average Bonchev–Trinajstić information content (AvgIpc) is 3.08. The number of nitrogens with one attached hydrogen (secondary N) is 1. The van der Waals surface area contributed by atoms with Crippen molar-refractivity contribution in [3.63, 3.8) is 0 Å². The summed E-state index contributed by atoms with van der Waals surface area (Å²) in [5, 5.41) is 17.5. The van der Waals surface area contributed by atoms with Gasteiger partial charge in [0.2, 0.25) is 0 Å². The number of aliphatic hydroxyl groups excluding tert-OH is 1.